The van der Waals surface area contributed by atoms with Crippen LogP contribution in [0.1, 0.15) is 31.5 Å². The number of halogens is 2. The van der Waals surface area contributed by atoms with Gasteiger partial charge in [-0.25, -0.2) is 18.7 Å². The Labute approximate surface area is 216 Å². The molecule has 0 spiro atoms. The van der Waals surface area contributed by atoms with E-state index in [4.69, 9.17) is 14.5 Å². The molecule has 1 aliphatic carbocycles. The van der Waals surface area contributed by atoms with Gasteiger partial charge in [0.05, 0.1) is 30.8 Å². The maximum atomic E-state index is 13.2. The van der Waals surface area contributed by atoms with Gasteiger partial charge in [0.2, 0.25) is 11.8 Å². The highest BCUT2D eigenvalue weighted by Gasteiger charge is 2.26. The Hall–Kier alpha value is -3.15. The number of methoxy groups -OCH3 is 1. The second-order valence-electron chi connectivity index (χ2n) is 10.5. The minimum Gasteiger partial charge on any atom is -0.480 e. The number of aromatic nitrogens is 6. The molecule has 192 valence electrons. The average Bonchev–Trinajstić information content (AvgIpc) is 3.39. The smallest absolute Gasteiger partial charge is 0.256 e. The molecule has 0 atom stereocenters. The SMILES string of the molecule is BC(B)(B)O[C@H]1CC[C@@H](Nc2nc(OC)c3c(-c4ccc5nc(C)n(CC(F)F)c5n4)c[nH]c3n2)CC1. The van der Waals surface area contributed by atoms with Gasteiger partial charge in [-0.2, -0.15) is 9.97 Å². The summed E-state index contributed by atoms with van der Waals surface area (Å²) in [7, 11) is 7.83. The number of pyridine rings is 1. The van der Waals surface area contributed by atoms with E-state index in [9.17, 15) is 8.78 Å². The van der Waals surface area contributed by atoms with Crippen LogP contribution in [-0.2, 0) is 11.3 Å². The van der Waals surface area contributed by atoms with Crippen LogP contribution in [0.2, 0.25) is 0 Å². The zero-order valence-electron chi connectivity index (χ0n) is 21.8. The summed E-state index contributed by atoms with van der Waals surface area (Å²) in [4.78, 5) is 21.6. The van der Waals surface area contributed by atoms with Gasteiger partial charge >= 0.3 is 0 Å². The fraction of sp³-hybridized carbons (Fsp3) is 0.478. The number of imidazole rings is 1. The van der Waals surface area contributed by atoms with E-state index in [1.165, 1.54) is 4.57 Å². The lowest BCUT2D eigenvalue weighted by Crippen LogP contribution is -2.41. The summed E-state index contributed by atoms with van der Waals surface area (Å²) >= 11 is 0. The molecule has 0 saturated heterocycles. The van der Waals surface area contributed by atoms with Crippen LogP contribution in [0.4, 0.5) is 14.7 Å². The first-order valence-electron chi connectivity index (χ1n) is 12.6. The lowest BCUT2D eigenvalue weighted by atomic mass is 9.52. The van der Waals surface area contributed by atoms with Gasteiger partial charge in [0, 0.05) is 17.8 Å². The van der Waals surface area contributed by atoms with Gasteiger partial charge in [0.25, 0.3) is 6.43 Å². The maximum Gasteiger partial charge on any atom is 0.256 e. The average molecular weight is 507 g/mol. The first-order chi connectivity index (χ1) is 17.6. The summed E-state index contributed by atoms with van der Waals surface area (Å²) in [5.41, 5.74) is 2.90. The standard InChI is InChI=1S/C23H30B3F2N7O2/c1-11-30-16-8-7-15(32-20(16)35(11)10-17(27)28)14-9-29-19-18(14)21(36-2)34-22(33-19)31-12-3-5-13(6-4-12)37-23(24,25)26/h7-9,12-13,17H,3-6,10,24-26H2,1-2H3,(H2,29,31,33,34)/t12-,13+. The minimum atomic E-state index is -2.50. The Bertz CT molecular complexity index is 1420. The van der Waals surface area contributed by atoms with Gasteiger partial charge in [-0.3, -0.25) is 0 Å². The third-order valence-corrected chi connectivity index (χ3v) is 6.60. The Balaban J connectivity index is 1.41. The lowest BCUT2D eigenvalue weighted by molar-refractivity contribution is 0.0202. The minimum absolute atomic E-state index is 0.140. The third-order valence-electron chi connectivity index (χ3n) is 6.60. The van der Waals surface area contributed by atoms with Crippen LogP contribution in [0, 0.1) is 6.92 Å². The molecule has 4 aromatic rings. The number of rotatable bonds is 8. The molecule has 2 N–H and O–H groups in total. The van der Waals surface area contributed by atoms with E-state index in [0.717, 1.165) is 31.2 Å². The molecule has 14 heteroatoms. The zero-order valence-corrected chi connectivity index (χ0v) is 21.8. The molecule has 1 aliphatic rings. The van der Waals surface area contributed by atoms with Gasteiger partial charge in [-0.15, -0.1) is 0 Å². The fourth-order valence-corrected chi connectivity index (χ4v) is 5.04. The molecule has 4 aromatic heterocycles. The fourth-order valence-electron chi connectivity index (χ4n) is 5.04. The van der Waals surface area contributed by atoms with E-state index < -0.39 is 13.0 Å². The van der Waals surface area contributed by atoms with Crippen LogP contribution in [0.5, 0.6) is 5.88 Å². The molecule has 0 amide bonds. The molecule has 4 heterocycles. The summed E-state index contributed by atoms with van der Waals surface area (Å²) in [5, 5.41) is 4.00. The van der Waals surface area contributed by atoms with Crippen LogP contribution < -0.4 is 10.1 Å². The van der Waals surface area contributed by atoms with Gasteiger partial charge in [0.15, 0.2) is 5.65 Å². The number of anilines is 1. The number of aryl methyl sites for hydroxylation is 1. The van der Waals surface area contributed by atoms with Crippen molar-refractivity contribution < 1.29 is 18.3 Å². The second-order valence-corrected chi connectivity index (χ2v) is 10.5. The van der Waals surface area contributed by atoms with Crippen molar-refractivity contribution >= 4 is 51.7 Å². The highest BCUT2D eigenvalue weighted by atomic mass is 19.3. The predicted molar refractivity (Wildman–Crippen MR) is 147 cm³/mol. The summed E-state index contributed by atoms with van der Waals surface area (Å²) in [6, 6.07) is 3.85. The van der Waals surface area contributed by atoms with E-state index in [1.807, 2.05) is 6.07 Å². The van der Waals surface area contributed by atoms with Crippen LogP contribution >= 0.6 is 0 Å². The zero-order chi connectivity index (χ0) is 26.3. The number of ether oxygens (including phenoxy) is 2. The summed E-state index contributed by atoms with van der Waals surface area (Å²) in [6.45, 7) is 1.24. The van der Waals surface area contributed by atoms with Gasteiger partial charge in [-0.1, -0.05) is 0 Å². The van der Waals surface area contributed by atoms with E-state index in [2.05, 4.69) is 48.8 Å². The van der Waals surface area contributed by atoms with Crippen LogP contribution in [0.15, 0.2) is 18.3 Å². The molecule has 0 aromatic carbocycles. The summed E-state index contributed by atoms with van der Waals surface area (Å²) in [5.74, 6) is 1.40. The van der Waals surface area contributed by atoms with Crippen LogP contribution in [0.3, 0.4) is 0 Å². The van der Waals surface area contributed by atoms with Crippen molar-refractivity contribution in [3.05, 3.63) is 24.2 Å². The van der Waals surface area contributed by atoms with Crippen molar-refractivity contribution in [1.82, 2.24) is 29.5 Å². The number of hydrogen-bond donors (Lipinski definition) is 2. The largest absolute Gasteiger partial charge is 0.480 e. The molecule has 37 heavy (non-hydrogen) atoms. The Morgan fingerprint density at radius 3 is 2.57 bits per heavy atom. The molecule has 0 unspecified atom stereocenters. The molecular weight excluding hydrogens is 477 g/mol. The topological polar surface area (TPSA) is 103 Å². The Morgan fingerprint density at radius 1 is 1.14 bits per heavy atom. The predicted octanol–water partition coefficient (Wildman–Crippen LogP) is 1.20. The van der Waals surface area contributed by atoms with E-state index in [0.29, 0.717) is 45.5 Å². The monoisotopic (exact) mass is 507 g/mol. The molecule has 1 fully saturated rings. The molecule has 5 rings (SSSR count). The number of alkyl halides is 2. The number of H-pyrrole nitrogens is 1. The maximum absolute atomic E-state index is 13.2. The van der Waals surface area contributed by atoms with Crippen molar-refractivity contribution in [2.45, 2.75) is 63.0 Å². The highest BCUT2D eigenvalue weighted by Crippen LogP contribution is 2.35. The molecule has 0 radical (unpaired) electrons. The highest BCUT2D eigenvalue weighted by molar-refractivity contribution is 6.58. The van der Waals surface area contributed by atoms with E-state index in [-0.39, 0.29) is 17.4 Å². The van der Waals surface area contributed by atoms with Crippen molar-refractivity contribution in [3.8, 4) is 17.1 Å². The number of nitrogens with one attached hydrogen (secondary N) is 2. The summed E-state index contributed by atoms with van der Waals surface area (Å²) < 4.78 is 39.5. The van der Waals surface area contributed by atoms with Crippen molar-refractivity contribution in [1.29, 1.82) is 0 Å². The molecule has 0 aliphatic heterocycles. The summed E-state index contributed by atoms with van der Waals surface area (Å²) in [6.07, 6.45) is 3.46. The van der Waals surface area contributed by atoms with E-state index >= 15 is 0 Å². The second kappa shape index (κ2) is 9.96. The van der Waals surface area contributed by atoms with Crippen molar-refractivity contribution in [2.24, 2.45) is 0 Å². The number of nitrogens with zero attached hydrogens (tertiary/aromatic N) is 5. The van der Waals surface area contributed by atoms with Crippen molar-refractivity contribution in [3.63, 3.8) is 0 Å². The van der Waals surface area contributed by atoms with Gasteiger partial charge < -0.3 is 24.3 Å². The first kappa shape index (κ1) is 25.5. The normalized spacial score (nSPS) is 18.6. The van der Waals surface area contributed by atoms with Crippen LogP contribution in [0.25, 0.3) is 33.5 Å². The number of fused-ring (bicyclic) bond motifs is 2. The third kappa shape index (κ3) is 5.44. The lowest BCUT2D eigenvalue weighted by Gasteiger charge is -2.34. The molecule has 9 nitrogen and oxygen atoms in total. The number of aromatic amines is 1. The quantitative estimate of drug-likeness (QED) is 0.346. The van der Waals surface area contributed by atoms with Crippen molar-refractivity contribution in [2.75, 3.05) is 12.4 Å². The van der Waals surface area contributed by atoms with Crippen LogP contribution in [-0.4, -0.2) is 84.0 Å². The van der Waals surface area contributed by atoms with Gasteiger partial charge in [-0.05, 0) is 50.0 Å². The molecule has 0 bridgehead atoms. The Kier molecular flexibility index (Phi) is 6.87. The van der Waals surface area contributed by atoms with E-state index in [1.54, 1.807) is 26.3 Å². The Morgan fingerprint density at radius 2 is 1.89 bits per heavy atom. The van der Waals surface area contributed by atoms with Gasteiger partial charge in [0.1, 0.15) is 40.5 Å². The number of hydrogen-bond acceptors (Lipinski definition) is 7. The first-order valence-corrected chi connectivity index (χ1v) is 12.6. The molecular formula is C23H30B3F2N7O2. The molecule has 1 saturated carbocycles.